The normalized spacial score (nSPS) is 30.1. The highest BCUT2D eigenvalue weighted by Crippen LogP contribution is 2.37. The van der Waals surface area contributed by atoms with E-state index >= 15 is 0 Å². The summed E-state index contributed by atoms with van der Waals surface area (Å²) in [5.41, 5.74) is -0.450. The molecule has 1 fully saturated rings. The van der Waals surface area contributed by atoms with Gasteiger partial charge in [0.15, 0.2) is 5.78 Å². The molecule has 1 rings (SSSR count). The maximum absolute atomic E-state index is 12.6. The summed E-state index contributed by atoms with van der Waals surface area (Å²) < 4.78 is 5.93. The summed E-state index contributed by atoms with van der Waals surface area (Å²) in [5, 5.41) is 0. The average molecular weight is 254 g/mol. The van der Waals surface area contributed by atoms with E-state index in [0.29, 0.717) is 30.6 Å². The van der Waals surface area contributed by atoms with Gasteiger partial charge in [0.05, 0.1) is 0 Å². The Morgan fingerprint density at radius 1 is 1.44 bits per heavy atom. The standard InChI is InChI=1S/C16H30O2/c1-5-8-13(3)11-15(17)16(18-6-2)10-7-9-14(4)12-16/h13-14H,5-12H2,1-4H3. The van der Waals surface area contributed by atoms with Gasteiger partial charge in [-0.3, -0.25) is 4.79 Å². The van der Waals surface area contributed by atoms with E-state index < -0.39 is 5.60 Å². The highest BCUT2D eigenvalue weighted by Gasteiger charge is 2.42. The van der Waals surface area contributed by atoms with Crippen LogP contribution in [0.15, 0.2) is 0 Å². The van der Waals surface area contributed by atoms with Crippen molar-refractivity contribution in [3.8, 4) is 0 Å². The molecule has 1 aliphatic rings. The van der Waals surface area contributed by atoms with Gasteiger partial charge in [-0.1, -0.05) is 40.0 Å². The minimum Gasteiger partial charge on any atom is -0.367 e. The zero-order valence-electron chi connectivity index (χ0n) is 12.6. The smallest absolute Gasteiger partial charge is 0.164 e. The fourth-order valence-corrected chi connectivity index (χ4v) is 3.34. The third-order valence-electron chi connectivity index (χ3n) is 4.20. The maximum atomic E-state index is 12.6. The number of hydrogen-bond acceptors (Lipinski definition) is 2. The molecular formula is C16H30O2. The summed E-state index contributed by atoms with van der Waals surface area (Å²) in [7, 11) is 0. The van der Waals surface area contributed by atoms with E-state index in [4.69, 9.17) is 4.74 Å². The SMILES string of the molecule is CCCC(C)CC(=O)C1(OCC)CCCC(C)C1. The van der Waals surface area contributed by atoms with Crippen molar-refractivity contribution in [2.24, 2.45) is 11.8 Å². The van der Waals surface area contributed by atoms with Crippen LogP contribution in [0, 0.1) is 11.8 Å². The summed E-state index contributed by atoms with van der Waals surface area (Å²) in [6.45, 7) is 9.27. The number of ether oxygens (including phenoxy) is 1. The molecule has 0 saturated heterocycles. The Hall–Kier alpha value is -0.370. The van der Waals surface area contributed by atoms with Gasteiger partial charge in [-0.25, -0.2) is 0 Å². The molecule has 18 heavy (non-hydrogen) atoms. The lowest BCUT2D eigenvalue weighted by atomic mass is 9.74. The van der Waals surface area contributed by atoms with Crippen LogP contribution in [0.5, 0.6) is 0 Å². The van der Waals surface area contributed by atoms with Crippen LogP contribution in [-0.2, 0) is 9.53 Å². The summed E-state index contributed by atoms with van der Waals surface area (Å²) >= 11 is 0. The van der Waals surface area contributed by atoms with Gasteiger partial charge in [-0.2, -0.15) is 0 Å². The molecule has 0 aromatic carbocycles. The molecule has 0 spiro atoms. The van der Waals surface area contributed by atoms with E-state index in [1.807, 2.05) is 6.92 Å². The Morgan fingerprint density at radius 3 is 2.72 bits per heavy atom. The van der Waals surface area contributed by atoms with Gasteiger partial charge in [0.25, 0.3) is 0 Å². The molecule has 3 atom stereocenters. The molecule has 1 saturated carbocycles. The summed E-state index contributed by atoms with van der Waals surface area (Å²) in [6, 6.07) is 0. The Bertz CT molecular complexity index is 258. The third-order valence-corrected chi connectivity index (χ3v) is 4.20. The predicted octanol–water partition coefficient (Wildman–Crippen LogP) is 4.37. The first-order valence-corrected chi connectivity index (χ1v) is 7.71. The number of carbonyl (C=O) groups excluding carboxylic acids is 1. The van der Waals surface area contributed by atoms with Crippen LogP contribution in [0.25, 0.3) is 0 Å². The molecular weight excluding hydrogens is 224 g/mol. The Kier molecular flexibility index (Phi) is 6.34. The number of carbonyl (C=O) groups is 1. The van der Waals surface area contributed by atoms with Crippen molar-refractivity contribution >= 4 is 5.78 Å². The molecule has 0 radical (unpaired) electrons. The predicted molar refractivity (Wildman–Crippen MR) is 75.7 cm³/mol. The van der Waals surface area contributed by atoms with Crippen LogP contribution >= 0.6 is 0 Å². The lowest BCUT2D eigenvalue weighted by Gasteiger charge is -2.39. The van der Waals surface area contributed by atoms with Crippen molar-refractivity contribution in [2.75, 3.05) is 6.61 Å². The summed E-state index contributed by atoms with van der Waals surface area (Å²) in [4.78, 5) is 12.6. The quantitative estimate of drug-likeness (QED) is 0.674. The average Bonchev–Trinajstić information content (AvgIpc) is 2.29. The van der Waals surface area contributed by atoms with Gasteiger partial charge in [0, 0.05) is 13.0 Å². The van der Waals surface area contributed by atoms with Gasteiger partial charge >= 0.3 is 0 Å². The molecule has 1 aliphatic carbocycles. The van der Waals surface area contributed by atoms with E-state index in [2.05, 4.69) is 20.8 Å². The number of Topliss-reactive ketones (excluding diaryl/α,β-unsaturated/α-hetero) is 1. The topological polar surface area (TPSA) is 26.3 Å². The molecule has 2 heteroatoms. The fourth-order valence-electron chi connectivity index (χ4n) is 3.34. The second kappa shape index (κ2) is 7.28. The molecule has 0 aliphatic heterocycles. The molecule has 0 N–H and O–H groups in total. The monoisotopic (exact) mass is 254 g/mol. The molecule has 0 aromatic rings. The number of hydrogen-bond donors (Lipinski definition) is 0. The van der Waals surface area contributed by atoms with Crippen molar-refractivity contribution in [2.45, 2.75) is 78.2 Å². The minimum absolute atomic E-state index is 0.358. The highest BCUT2D eigenvalue weighted by atomic mass is 16.5. The van der Waals surface area contributed by atoms with Crippen LogP contribution in [-0.4, -0.2) is 18.0 Å². The second-order valence-corrected chi connectivity index (χ2v) is 6.15. The van der Waals surface area contributed by atoms with Gasteiger partial charge in [-0.05, 0) is 38.0 Å². The van der Waals surface area contributed by atoms with Gasteiger partial charge < -0.3 is 4.74 Å². The van der Waals surface area contributed by atoms with Crippen LogP contribution in [0.4, 0.5) is 0 Å². The van der Waals surface area contributed by atoms with Crippen molar-refractivity contribution < 1.29 is 9.53 Å². The van der Waals surface area contributed by atoms with Crippen molar-refractivity contribution in [1.29, 1.82) is 0 Å². The van der Waals surface area contributed by atoms with E-state index in [1.54, 1.807) is 0 Å². The largest absolute Gasteiger partial charge is 0.367 e. The number of ketones is 1. The molecule has 106 valence electrons. The zero-order chi connectivity index (χ0) is 13.6. The van der Waals surface area contributed by atoms with E-state index in [-0.39, 0.29) is 0 Å². The van der Waals surface area contributed by atoms with Crippen LogP contribution in [0.2, 0.25) is 0 Å². The van der Waals surface area contributed by atoms with E-state index in [0.717, 1.165) is 32.1 Å². The van der Waals surface area contributed by atoms with Crippen LogP contribution < -0.4 is 0 Å². The third kappa shape index (κ3) is 4.08. The van der Waals surface area contributed by atoms with E-state index in [1.165, 1.54) is 6.42 Å². The van der Waals surface area contributed by atoms with Gasteiger partial charge in [0.2, 0.25) is 0 Å². The first-order chi connectivity index (χ1) is 8.54. The Labute approximate surface area is 112 Å². The van der Waals surface area contributed by atoms with E-state index in [9.17, 15) is 4.79 Å². The second-order valence-electron chi connectivity index (χ2n) is 6.15. The molecule has 0 amide bonds. The van der Waals surface area contributed by atoms with Crippen LogP contribution in [0.1, 0.15) is 72.6 Å². The Balaban J connectivity index is 2.67. The summed E-state index contributed by atoms with van der Waals surface area (Å²) in [5.74, 6) is 1.48. The summed E-state index contributed by atoms with van der Waals surface area (Å²) in [6.07, 6.45) is 7.24. The van der Waals surface area contributed by atoms with Crippen molar-refractivity contribution in [3.05, 3.63) is 0 Å². The van der Waals surface area contributed by atoms with Gasteiger partial charge in [-0.15, -0.1) is 0 Å². The molecule has 0 heterocycles. The maximum Gasteiger partial charge on any atom is 0.164 e. The molecule has 0 aromatic heterocycles. The van der Waals surface area contributed by atoms with Gasteiger partial charge in [0.1, 0.15) is 5.60 Å². The molecule has 0 bridgehead atoms. The number of rotatable bonds is 7. The minimum atomic E-state index is -0.450. The van der Waals surface area contributed by atoms with Crippen LogP contribution in [0.3, 0.4) is 0 Å². The lowest BCUT2D eigenvalue weighted by Crippen LogP contribution is -2.46. The highest BCUT2D eigenvalue weighted by molar-refractivity contribution is 5.87. The molecule has 3 unspecified atom stereocenters. The first-order valence-electron chi connectivity index (χ1n) is 7.71. The van der Waals surface area contributed by atoms with Crippen molar-refractivity contribution in [1.82, 2.24) is 0 Å². The lowest BCUT2D eigenvalue weighted by molar-refractivity contribution is -0.152. The fraction of sp³-hybridized carbons (Fsp3) is 0.938. The Morgan fingerprint density at radius 2 is 2.17 bits per heavy atom. The first kappa shape index (κ1) is 15.7. The zero-order valence-corrected chi connectivity index (χ0v) is 12.6. The van der Waals surface area contributed by atoms with Crippen molar-refractivity contribution in [3.63, 3.8) is 0 Å². The molecule has 2 nitrogen and oxygen atoms in total.